The first kappa shape index (κ1) is 21.6. The van der Waals surface area contributed by atoms with Gasteiger partial charge >= 0.3 is 0 Å². The number of benzene rings is 3. The molecule has 3 aromatic rings. The van der Waals surface area contributed by atoms with Crippen LogP contribution in [0.4, 0.5) is 0 Å². The van der Waals surface area contributed by atoms with Crippen molar-refractivity contribution in [1.29, 1.82) is 0 Å². The van der Waals surface area contributed by atoms with Crippen LogP contribution in [0.1, 0.15) is 29.0 Å². The van der Waals surface area contributed by atoms with E-state index in [-0.39, 0.29) is 23.5 Å². The van der Waals surface area contributed by atoms with Gasteiger partial charge in [0.05, 0.1) is 17.4 Å². The summed E-state index contributed by atoms with van der Waals surface area (Å²) < 4.78 is 24.4. The Bertz CT molecular complexity index is 1090. The molecule has 0 saturated carbocycles. The van der Waals surface area contributed by atoms with Crippen molar-refractivity contribution in [2.45, 2.75) is 24.9 Å². The first-order chi connectivity index (χ1) is 14.9. The van der Waals surface area contributed by atoms with Gasteiger partial charge in [0.2, 0.25) is 5.91 Å². The highest BCUT2D eigenvalue weighted by Crippen LogP contribution is 2.31. The highest BCUT2D eigenvalue weighted by atomic mass is 35.5. The number of amides is 1. The minimum Gasteiger partial charge on any atom is -0.334 e. The van der Waals surface area contributed by atoms with Crippen molar-refractivity contribution in [3.63, 3.8) is 0 Å². The standard InChI is InChI=1S/C25H24ClNO3S/c26-22-13-11-19(12-14-22)17-27(23-15-16-31(29,30)18-23)25(28)24(20-7-3-1-4-8-20)21-9-5-2-6-10-21/h1-14,23-24H,15-18H2/t23-/m1/s1. The van der Waals surface area contributed by atoms with E-state index in [0.717, 1.165) is 16.7 Å². The zero-order valence-corrected chi connectivity index (χ0v) is 18.6. The summed E-state index contributed by atoms with van der Waals surface area (Å²) in [6.07, 6.45) is 0.456. The normalized spacial score (nSPS) is 17.5. The van der Waals surface area contributed by atoms with Crippen LogP contribution in [0.3, 0.4) is 0 Å². The summed E-state index contributed by atoms with van der Waals surface area (Å²) in [6.45, 7) is 0.340. The lowest BCUT2D eigenvalue weighted by atomic mass is 9.89. The molecule has 0 N–H and O–H groups in total. The van der Waals surface area contributed by atoms with E-state index in [4.69, 9.17) is 11.6 Å². The predicted molar refractivity (Wildman–Crippen MR) is 124 cm³/mol. The lowest BCUT2D eigenvalue weighted by molar-refractivity contribution is -0.134. The molecule has 4 rings (SSSR count). The molecule has 160 valence electrons. The number of carbonyl (C=O) groups is 1. The number of halogens is 1. The van der Waals surface area contributed by atoms with E-state index in [1.807, 2.05) is 72.8 Å². The van der Waals surface area contributed by atoms with Crippen molar-refractivity contribution in [3.05, 3.63) is 107 Å². The lowest BCUT2D eigenvalue weighted by Gasteiger charge is -2.32. The van der Waals surface area contributed by atoms with Crippen LogP contribution in [0.25, 0.3) is 0 Å². The Balaban J connectivity index is 1.74. The Labute approximate surface area is 188 Å². The summed E-state index contributed by atoms with van der Waals surface area (Å²) in [6, 6.07) is 26.3. The minimum atomic E-state index is -3.14. The molecule has 0 spiro atoms. The van der Waals surface area contributed by atoms with Gasteiger partial charge in [0.15, 0.2) is 9.84 Å². The van der Waals surface area contributed by atoms with E-state index < -0.39 is 15.8 Å². The summed E-state index contributed by atoms with van der Waals surface area (Å²) in [4.78, 5) is 15.8. The number of hydrogen-bond acceptors (Lipinski definition) is 3. The van der Waals surface area contributed by atoms with Gasteiger partial charge in [-0.05, 0) is 35.2 Å². The average Bonchev–Trinajstić information content (AvgIpc) is 3.14. The quantitative estimate of drug-likeness (QED) is 0.544. The third-order valence-corrected chi connectivity index (χ3v) is 7.71. The molecule has 1 amide bonds. The highest BCUT2D eigenvalue weighted by Gasteiger charge is 2.37. The molecule has 0 bridgehead atoms. The van der Waals surface area contributed by atoms with Crippen LogP contribution < -0.4 is 0 Å². The zero-order chi connectivity index (χ0) is 21.8. The summed E-state index contributed by atoms with van der Waals surface area (Å²) in [5.74, 6) is -0.473. The van der Waals surface area contributed by atoms with Crippen molar-refractivity contribution in [1.82, 2.24) is 4.90 Å². The Kier molecular flexibility index (Phi) is 6.44. The van der Waals surface area contributed by atoms with Crippen molar-refractivity contribution in [2.24, 2.45) is 0 Å². The van der Waals surface area contributed by atoms with E-state index in [1.54, 1.807) is 17.0 Å². The third kappa shape index (κ3) is 5.17. The summed E-state index contributed by atoms with van der Waals surface area (Å²) in [5.41, 5.74) is 2.70. The molecule has 0 aromatic heterocycles. The Morgan fingerprint density at radius 1 is 0.903 bits per heavy atom. The van der Waals surface area contributed by atoms with Gasteiger partial charge in [0, 0.05) is 17.6 Å². The maximum absolute atomic E-state index is 14.0. The largest absolute Gasteiger partial charge is 0.334 e. The van der Waals surface area contributed by atoms with Gasteiger partial charge in [0.25, 0.3) is 0 Å². The second-order valence-corrected chi connectivity index (χ2v) is 10.6. The fourth-order valence-corrected chi connectivity index (χ4v) is 5.99. The molecule has 1 fully saturated rings. The van der Waals surface area contributed by atoms with Gasteiger partial charge in [-0.3, -0.25) is 4.79 Å². The fourth-order valence-electron chi connectivity index (χ4n) is 4.13. The topological polar surface area (TPSA) is 54.5 Å². The van der Waals surface area contributed by atoms with E-state index in [2.05, 4.69) is 0 Å². The number of hydrogen-bond donors (Lipinski definition) is 0. The number of sulfone groups is 1. The molecule has 4 nitrogen and oxygen atoms in total. The van der Waals surface area contributed by atoms with E-state index in [9.17, 15) is 13.2 Å². The Hall–Kier alpha value is -2.63. The maximum Gasteiger partial charge on any atom is 0.235 e. The molecule has 0 radical (unpaired) electrons. The summed E-state index contributed by atoms with van der Waals surface area (Å²) >= 11 is 6.03. The first-order valence-electron chi connectivity index (χ1n) is 10.3. The van der Waals surface area contributed by atoms with Crippen LogP contribution in [0.15, 0.2) is 84.9 Å². The van der Waals surface area contributed by atoms with Crippen molar-refractivity contribution in [3.8, 4) is 0 Å². The Morgan fingerprint density at radius 3 is 1.94 bits per heavy atom. The van der Waals surface area contributed by atoms with Crippen molar-refractivity contribution in [2.75, 3.05) is 11.5 Å². The molecule has 31 heavy (non-hydrogen) atoms. The molecular weight excluding hydrogens is 430 g/mol. The van der Waals surface area contributed by atoms with Gasteiger partial charge in [-0.1, -0.05) is 84.4 Å². The lowest BCUT2D eigenvalue weighted by Crippen LogP contribution is -2.43. The number of nitrogens with zero attached hydrogens (tertiary/aromatic N) is 1. The fraction of sp³-hybridized carbons (Fsp3) is 0.240. The van der Waals surface area contributed by atoms with Gasteiger partial charge in [-0.25, -0.2) is 8.42 Å². The minimum absolute atomic E-state index is 0.00261. The smallest absolute Gasteiger partial charge is 0.235 e. The molecule has 3 aromatic carbocycles. The first-order valence-corrected chi connectivity index (χ1v) is 12.5. The maximum atomic E-state index is 14.0. The average molecular weight is 454 g/mol. The molecular formula is C25H24ClNO3S. The van der Waals surface area contributed by atoms with Crippen molar-refractivity contribution < 1.29 is 13.2 Å². The monoisotopic (exact) mass is 453 g/mol. The summed E-state index contributed by atoms with van der Waals surface area (Å²) in [7, 11) is -3.14. The molecule has 1 atom stereocenters. The van der Waals surface area contributed by atoms with Crippen LogP contribution in [0.2, 0.25) is 5.02 Å². The van der Waals surface area contributed by atoms with Gasteiger partial charge in [0.1, 0.15) is 0 Å². The number of rotatable bonds is 6. The van der Waals surface area contributed by atoms with Gasteiger partial charge < -0.3 is 4.90 Å². The highest BCUT2D eigenvalue weighted by molar-refractivity contribution is 7.91. The molecule has 1 aliphatic heterocycles. The molecule has 1 saturated heterocycles. The van der Waals surface area contributed by atoms with Crippen LogP contribution in [0, 0.1) is 0 Å². The molecule has 0 unspecified atom stereocenters. The van der Waals surface area contributed by atoms with E-state index >= 15 is 0 Å². The molecule has 0 aliphatic carbocycles. The van der Waals surface area contributed by atoms with Crippen LogP contribution in [0.5, 0.6) is 0 Å². The second kappa shape index (κ2) is 9.25. The van der Waals surface area contributed by atoms with Gasteiger partial charge in [-0.15, -0.1) is 0 Å². The molecule has 1 heterocycles. The molecule has 6 heteroatoms. The van der Waals surface area contributed by atoms with Crippen molar-refractivity contribution >= 4 is 27.3 Å². The van der Waals surface area contributed by atoms with E-state index in [1.165, 1.54) is 0 Å². The van der Waals surface area contributed by atoms with Crippen LogP contribution >= 0.6 is 11.6 Å². The SMILES string of the molecule is O=C(C(c1ccccc1)c1ccccc1)N(Cc1ccc(Cl)cc1)[C@@H]1CCS(=O)(=O)C1. The Morgan fingerprint density at radius 2 is 1.45 bits per heavy atom. The zero-order valence-electron chi connectivity index (χ0n) is 17.0. The van der Waals surface area contributed by atoms with Gasteiger partial charge in [-0.2, -0.15) is 0 Å². The predicted octanol–water partition coefficient (Wildman–Crippen LogP) is 4.69. The van der Waals surface area contributed by atoms with Crippen LogP contribution in [-0.2, 0) is 21.2 Å². The summed E-state index contributed by atoms with van der Waals surface area (Å²) in [5, 5.41) is 0.622. The third-order valence-electron chi connectivity index (χ3n) is 5.71. The van der Waals surface area contributed by atoms with E-state index in [0.29, 0.717) is 18.0 Å². The number of carbonyl (C=O) groups excluding carboxylic acids is 1. The molecule has 1 aliphatic rings. The van der Waals surface area contributed by atoms with Crippen LogP contribution in [-0.4, -0.2) is 36.8 Å². The second-order valence-electron chi connectivity index (χ2n) is 7.90.